The first-order valence-corrected chi connectivity index (χ1v) is 10.1. The van der Waals surface area contributed by atoms with Gasteiger partial charge in [0, 0.05) is 17.6 Å². The zero-order chi connectivity index (χ0) is 21.1. The minimum absolute atomic E-state index is 0.113. The SMILES string of the molecule is Cc1ccc(CNC(=O)c2cc(Nc3cc(C)ccc3C)nc3ccccc23)cc1. The minimum atomic E-state index is -0.113. The lowest BCUT2D eigenvalue weighted by molar-refractivity contribution is 0.0952. The number of pyridine rings is 1. The third-order valence-corrected chi connectivity index (χ3v) is 5.19. The Labute approximate surface area is 177 Å². The number of fused-ring (bicyclic) bond motifs is 1. The fourth-order valence-electron chi connectivity index (χ4n) is 3.42. The largest absolute Gasteiger partial charge is 0.348 e. The molecule has 1 aromatic heterocycles. The molecule has 0 radical (unpaired) electrons. The summed E-state index contributed by atoms with van der Waals surface area (Å²) in [6.07, 6.45) is 0. The van der Waals surface area contributed by atoms with Gasteiger partial charge in [-0.1, -0.05) is 60.2 Å². The van der Waals surface area contributed by atoms with Crippen LogP contribution in [0.25, 0.3) is 10.9 Å². The number of anilines is 2. The number of hydrogen-bond acceptors (Lipinski definition) is 3. The Balaban J connectivity index is 1.65. The third kappa shape index (κ3) is 4.33. The number of rotatable bonds is 5. The molecule has 3 aromatic carbocycles. The van der Waals surface area contributed by atoms with Gasteiger partial charge in [0.15, 0.2) is 0 Å². The van der Waals surface area contributed by atoms with Crippen molar-refractivity contribution in [3.63, 3.8) is 0 Å². The summed E-state index contributed by atoms with van der Waals surface area (Å²) in [6.45, 7) is 6.64. The van der Waals surface area contributed by atoms with Crippen molar-refractivity contribution in [2.24, 2.45) is 0 Å². The van der Waals surface area contributed by atoms with Crippen LogP contribution in [0.5, 0.6) is 0 Å². The lowest BCUT2D eigenvalue weighted by Crippen LogP contribution is -2.23. The van der Waals surface area contributed by atoms with E-state index >= 15 is 0 Å². The second-order valence-corrected chi connectivity index (χ2v) is 7.68. The second-order valence-electron chi connectivity index (χ2n) is 7.68. The standard InChI is InChI=1S/C26H25N3O/c1-17-9-12-20(13-10-17)16-27-26(30)22-15-25(28-23-7-5-4-6-21(22)23)29-24-14-18(2)8-11-19(24)3/h4-15H,16H2,1-3H3,(H,27,30)(H,28,29). The summed E-state index contributed by atoms with van der Waals surface area (Å²) in [5.74, 6) is 0.543. The lowest BCUT2D eigenvalue weighted by atomic mass is 10.1. The summed E-state index contributed by atoms with van der Waals surface area (Å²) < 4.78 is 0. The van der Waals surface area contributed by atoms with Crippen molar-refractivity contribution < 1.29 is 4.79 Å². The molecule has 150 valence electrons. The van der Waals surface area contributed by atoms with Crippen molar-refractivity contribution in [3.8, 4) is 0 Å². The number of aryl methyl sites for hydroxylation is 3. The van der Waals surface area contributed by atoms with E-state index in [9.17, 15) is 4.79 Å². The molecule has 0 bridgehead atoms. The molecule has 0 saturated carbocycles. The molecule has 0 fully saturated rings. The van der Waals surface area contributed by atoms with Crippen molar-refractivity contribution >= 4 is 28.3 Å². The highest BCUT2D eigenvalue weighted by atomic mass is 16.1. The van der Waals surface area contributed by atoms with Gasteiger partial charge in [0.1, 0.15) is 5.82 Å². The van der Waals surface area contributed by atoms with Gasteiger partial charge in [-0.2, -0.15) is 0 Å². The van der Waals surface area contributed by atoms with Gasteiger partial charge < -0.3 is 10.6 Å². The predicted octanol–water partition coefficient (Wildman–Crippen LogP) is 5.83. The number of aromatic nitrogens is 1. The van der Waals surface area contributed by atoms with Crippen molar-refractivity contribution in [1.82, 2.24) is 10.3 Å². The van der Waals surface area contributed by atoms with Crippen LogP contribution in [-0.4, -0.2) is 10.9 Å². The highest BCUT2D eigenvalue weighted by Crippen LogP contribution is 2.25. The molecular weight excluding hydrogens is 370 g/mol. The van der Waals surface area contributed by atoms with E-state index in [-0.39, 0.29) is 5.91 Å². The summed E-state index contributed by atoms with van der Waals surface area (Å²) in [5, 5.41) is 7.27. The quantitative estimate of drug-likeness (QED) is 0.447. The second kappa shape index (κ2) is 8.37. The molecule has 0 saturated heterocycles. The van der Waals surface area contributed by atoms with E-state index < -0.39 is 0 Å². The van der Waals surface area contributed by atoms with Crippen LogP contribution in [0.2, 0.25) is 0 Å². The molecule has 1 heterocycles. The van der Waals surface area contributed by atoms with Crippen LogP contribution >= 0.6 is 0 Å². The van der Waals surface area contributed by atoms with E-state index in [1.807, 2.05) is 42.5 Å². The third-order valence-electron chi connectivity index (χ3n) is 5.19. The Kier molecular flexibility index (Phi) is 5.48. The Morgan fingerprint density at radius 1 is 0.867 bits per heavy atom. The van der Waals surface area contributed by atoms with Crippen LogP contribution in [0.4, 0.5) is 11.5 Å². The number of nitrogens with one attached hydrogen (secondary N) is 2. The van der Waals surface area contributed by atoms with Crippen LogP contribution in [0, 0.1) is 20.8 Å². The number of carbonyl (C=O) groups excluding carboxylic acids is 1. The molecule has 4 aromatic rings. The van der Waals surface area contributed by atoms with Crippen LogP contribution in [0.15, 0.2) is 72.8 Å². The van der Waals surface area contributed by atoms with Crippen molar-refractivity contribution in [2.75, 3.05) is 5.32 Å². The Morgan fingerprint density at radius 2 is 1.60 bits per heavy atom. The van der Waals surface area contributed by atoms with Crippen molar-refractivity contribution in [2.45, 2.75) is 27.3 Å². The molecule has 4 nitrogen and oxygen atoms in total. The van der Waals surface area contributed by atoms with Crippen molar-refractivity contribution in [1.29, 1.82) is 0 Å². The molecule has 1 amide bonds. The van der Waals surface area contributed by atoms with Gasteiger partial charge in [-0.3, -0.25) is 4.79 Å². The molecule has 0 unspecified atom stereocenters. The zero-order valence-corrected chi connectivity index (χ0v) is 17.5. The smallest absolute Gasteiger partial charge is 0.252 e. The van der Waals surface area contributed by atoms with E-state index in [1.165, 1.54) is 11.1 Å². The Morgan fingerprint density at radius 3 is 2.40 bits per heavy atom. The van der Waals surface area contributed by atoms with Gasteiger partial charge in [-0.05, 0) is 55.7 Å². The van der Waals surface area contributed by atoms with Gasteiger partial charge >= 0.3 is 0 Å². The molecular formula is C26H25N3O. The molecule has 30 heavy (non-hydrogen) atoms. The predicted molar refractivity (Wildman–Crippen MR) is 123 cm³/mol. The highest BCUT2D eigenvalue weighted by Gasteiger charge is 2.13. The van der Waals surface area contributed by atoms with E-state index in [0.717, 1.165) is 27.7 Å². The van der Waals surface area contributed by atoms with E-state index in [1.54, 1.807) is 0 Å². The van der Waals surface area contributed by atoms with Gasteiger partial charge in [0.05, 0.1) is 11.1 Å². The topological polar surface area (TPSA) is 54.0 Å². The van der Waals surface area contributed by atoms with Gasteiger partial charge in [0.2, 0.25) is 0 Å². The fourth-order valence-corrected chi connectivity index (χ4v) is 3.42. The number of hydrogen-bond donors (Lipinski definition) is 2. The van der Waals surface area contributed by atoms with E-state index in [0.29, 0.717) is 17.9 Å². The average molecular weight is 396 g/mol. The monoisotopic (exact) mass is 395 g/mol. The van der Waals surface area contributed by atoms with E-state index in [2.05, 4.69) is 61.7 Å². The minimum Gasteiger partial charge on any atom is -0.348 e. The molecule has 2 N–H and O–H groups in total. The molecule has 4 rings (SSSR count). The first-order chi connectivity index (χ1) is 14.5. The first kappa shape index (κ1) is 19.6. The summed E-state index contributed by atoms with van der Waals surface area (Å²) in [7, 11) is 0. The van der Waals surface area contributed by atoms with Crippen LogP contribution < -0.4 is 10.6 Å². The Bertz CT molecular complexity index is 1210. The van der Waals surface area contributed by atoms with Crippen LogP contribution in [0.1, 0.15) is 32.6 Å². The summed E-state index contributed by atoms with van der Waals surface area (Å²) in [4.78, 5) is 17.8. The summed E-state index contributed by atoms with van der Waals surface area (Å²) in [6, 6.07) is 24.0. The zero-order valence-electron chi connectivity index (χ0n) is 17.5. The molecule has 4 heteroatoms. The van der Waals surface area contributed by atoms with Gasteiger partial charge in [-0.25, -0.2) is 4.98 Å². The summed E-state index contributed by atoms with van der Waals surface area (Å²) >= 11 is 0. The number of amides is 1. The maximum absolute atomic E-state index is 13.1. The molecule has 0 spiro atoms. The van der Waals surface area contributed by atoms with Crippen LogP contribution in [-0.2, 0) is 6.54 Å². The number of carbonyl (C=O) groups is 1. The Hall–Kier alpha value is -3.66. The normalized spacial score (nSPS) is 10.8. The van der Waals surface area contributed by atoms with Crippen LogP contribution in [0.3, 0.4) is 0 Å². The average Bonchev–Trinajstić information content (AvgIpc) is 2.75. The summed E-state index contributed by atoms with van der Waals surface area (Å²) in [5.41, 5.74) is 6.95. The first-order valence-electron chi connectivity index (χ1n) is 10.1. The molecule has 0 aliphatic carbocycles. The molecule has 0 aliphatic heterocycles. The number of para-hydroxylation sites is 1. The maximum atomic E-state index is 13.1. The molecule has 0 atom stereocenters. The van der Waals surface area contributed by atoms with Crippen molar-refractivity contribution in [3.05, 3.63) is 101 Å². The van der Waals surface area contributed by atoms with Gasteiger partial charge in [-0.15, -0.1) is 0 Å². The molecule has 0 aliphatic rings. The van der Waals surface area contributed by atoms with Gasteiger partial charge in [0.25, 0.3) is 5.91 Å². The number of nitrogens with zero attached hydrogens (tertiary/aromatic N) is 1. The van der Waals surface area contributed by atoms with E-state index in [4.69, 9.17) is 4.98 Å². The lowest BCUT2D eigenvalue weighted by Gasteiger charge is -2.13. The fraction of sp³-hybridized carbons (Fsp3) is 0.154. The highest BCUT2D eigenvalue weighted by molar-refractivity contribution is 6.07. The number of benzene rings is 3. The maximum Gasteiger partial charge on any atom is 0.252 e.